The second-order valence-corrected chi connectivity index (χ2v) is 7.20. The van der Waals surface area contributed by atoms with E-state index in [2.05, 4.69) is 24.2 Å². The van der Waals surface area contributed by atoms with Crippen molar-refractivity contribution in [2.24, 2.45) is 16.6 Å². The van der Waals surface area contributed by atoms with E-state index in [-0.39, 0.29) is 47.1 Å². The third kappa shape index (κ3) is 7.39. The maximum absolute atomic E-state index is 13.5. The number of aliphatic imine (C=N–C) groups is 1. The first-order chi connectivity index (χ1) is 9.83. The average molecular weight is 443 g/mol. The molecule has 0 aliphatic heterocycles. The highest BCUT2D eigenvalue weighted by Gasteiger charge is 2.18. The fourth-order valence-corrected chi connectivity index (χ4v) is 2.86. The molecule has 1 rings (SSSR count). The molecule has 0 aliphatic carbocycles. The summed E-state index contributed by atoms with van der Waals surface area (Å²) in [6, 6.07) is 5.32. The van der Waals surface area contributed by atoms with Crippen LogP contribution in [0.15, 0.2) is 34.2 Å². The predicted octanol–water partition coefficient (Wildman–Crippen LogP) is 2.17. The molecule has 0 aromatic heterocycles. The number of benzene rings is 1. The molecule has 0 unspecified atom stereocenters. The number of rotatable bonds is 7. The molecule has 0 fully saturated rings. The van der Waals surface area contributed by atoms with Gasteiger partial charge in [-0.1, -0.05) is 26.0 Å². The number of hydrogen-bond acceptors (Lipinski definition) is 3. The first-order valence-electron chi connectivity index (χ1n) is 6.84. The van der Waals surface area contributed by atoms with Crippen molar-refractivity contribution in [3.8, 4) is 0 Å². The molecule has 0 amide bonds. The molecule has 1 aromatic rings. The van der Waals surface area contributed by atoms with E-state index in [0.717, 1.165) is 12.5 Å². The summed E-state index contributed by atoms with van der Waals surface area (Å²) in [7, 11) is -3.67. The van der Waals surface area contributed by atoms with Crippen molar-refractivity contribution in [1.82, 2.24) is 5.32 Å². The second-order valence-electron chi connectivity index (χ2n) is 5.13. The molecule has 0 radical (unpaired) electrons. The van der Waals surface area contributed by atoms with E-state index in [4.69, 9.17) is 5.73 Å². The summed E-state index contributed by atoms with van der Waals surface area (Å²) >= 11 is 0. The minimum Gasteiger partial charge on any atom is -0.370 e. The average Bonchev–Trinajstić information content (AvgIpc) is 2.38. The monoisotopic (exact) mass is 443 g/mol. The van der Waals surface area contributed by atoms with E-state index in [9.17, 15) is 12.8 Å². The van der Waals surface area contributed by atoms with Crippen LogP contribution < -0.4 is 11.1 Å². The van der Waals surface area contributed by atoms with Crippen LogP contribution in [0.2, 0.25) is 0 Å². The van der Waals surface area contributed by atoms with Gasteiger partial charge >= 0.3 is 0 Å². The van der Waals surface area contributed by atoms with Gasteiger partial charge in [0.05, 0.1) is 5.75 Å². The molecule has 0 saturated carbocycles. The molecule has 0 saturated heterocycles. The molecule has 1 aromatic carbocycles. The Morgan fingerprint density at radius 1 is 1.36 bits per heavy atom. The van der Waals surface area contributed by atoms with Crippen molar-refractivity contribution in [3.63, 3.8) is 0 Å². The Kier molecular flexibility index (Phi) is 9.58. The molecule has 0 heterocycles. The molecule has 3 N–H and O–H groups in total. The van der Waals surface area contributed by atoms with Crippen LogP contribution in [-0.2, 0) is 9.84 Å². The normalized spacial score (nSPS) is 12.1. The minimum absolute atomic E-state index is 0. The zero-order valence-corrected chi connectivity index (χ0v) is 15.9. The van der Waals surface area contributed by atoms with E-state index in [1.54, 1.807) is 0 Å². The Morgan fingerprint density at radius 2 is 2.00 bits per heavy atom. The lowest BCUT2D eigenvalue weighted by atomic mass is 10.1. The fraction of sp³-hybridized carbons (Fsp3) is 0.500. The van der Waals surface area contributed by atoms with Crippen LogP contribution in [0, 0.1) is 11.7 Å². The van der Waals surface area contributed by atoms with Gasteiger partial charge in [-0.05, 0) is 24.5 Å². The number of nitrogens with two attached hydrogens (primary N) is 1. The van der Waals surface area contributed by atoms with Crippen molar-refractivity contribution in [2.75, 3.05) is 18.8 Å². The Labute approximate surface area is 148 Å². The lowest BCUT2D eigenvalue weighted by Crippen LogP contribution is -2.35. The van der Waals surface area contributed by atoms with Crippen LogP contribution in [0.25, 0.3) is 0 Å². The molecule has 0 spiro atoms. The Balaban J connectivity index is 0.00000441. The maximum Gasteiger partial charge on any atom is 0.188 e. The van der Waals surface area contributed by atoms with Gasteiger partial charge in [0.25, 0.3) is 0 Å². The fourth-order valence-electron chi connectivity index (χ4n) is 1.62. The van der Waals surface area contributed by atoms with Gasteiger partial charge in [-0.15, -0.1) is 24.0 Å². The van der Waals surface area contributed by atoms with Crippen LogP contribution in [0.4, 0.5) is 4.39 Å². The van der Waals surface area contributed by atoms with Crippen molar-refractivity contribution < 1.29 is 12.8 Å². The predicted molar refractivity (Wildman–Crippen MR) is 97.8 cm³/mol. The number of nitrogens with one attached hydrogen (secondary N) is 1. The minimum atomic E-state index is -3.67. The standard InChI is InChI=1S/C14H22FN3O2S.HI/c1-11(2)7-8-17-14(16)18-9-10-21(19,20)13-6-4-3-5-12(13)15;/h3-6,11H,7-10H2,1-2H3,(H3,16,17,18);1H. The molecule has 5 nitrogen and oxygen atoms in total. The summed E-state index contributed by atoms with van der Waals surface area (Å²) in [6.07, 6.45) is 0.913. The number of halogens is 2. The van der Waals surface area contributed by atoms with Crippen molar-refractivity contribution in [1.29, 1.82) is 0 Å². The maximum atomic E-state index is 13.5. The summed E-state index contributed by atoms with van der Waals surface area (Å²) < 4.78 is 37.4. The van der Waals surface area contributed by atoms with E-state index in [1.807, 2.05) is 0 Å². The molecule has 0 aliphatic rings. The van der Waals surface area contributed by atoms with Crippen molar-refractivity contribution >= 4 is 39.8 Å². The van der Waals surface area contributed by atoms with E-state index in [1.165, 1.54) is 18.2 Å². The zero-order chi connectivity index (χ0) is 15.9. The first kappa shape index (κ1) is 21.1. The molecule has 0 atom stereocenters. The van der Waals surface area contributed by atoms with Crippen LogP contribution in [0.1, 0.15) is 20.3 Å². The van der Waals surface area contributed by atoms with Gasteiger partial charge in [0.2, 0.25) is 0 Å². The molecule has 0 bridgehead atoms. The van der Waals surface area contributed by atoms with Gasteiger partial charge in [-0.2, -0.15) is 0 Å². The summed E-state index contributed by atoms with van der Waals surface area (Å²) in [4.78, 5) is 3.80. The molecule has 22 heavy (non-hydrogen) atoms. The Morgan fingerprint density at radius 3 is 2.59 bits per heavy atom. The number of hydrogen-bond donors (Lipinski definition) is 2. The van der Waals surface area contributed by atoms with Gasteiger partial charge in [0, 0.05) is 13.1 Å². The topological polar surface area (TPSA) is 84.5 Å². The second kappa shape index (κ2) is 9.98. The van der Waals surface area contributed by atoms with Crippen LogP contribution >= 0.6 is 24.0 Å². The quantitative estimate of drug-likeness (QED) is 0.385. The third-order valence-electron chi connectivity index (χ3n) is 2.84. The molecular formula is C14H23FIN3O2S. The highest BCUT2D eigenvalue weighted by Crippen LogP contribution is 2.14. The number of sulfone groups is 1. The largest absolute Gasteiger partial charge is 0.370 e. The van der Waals surface area contributed by atoms with Gasteiger partial charge in [-0.25, -0.2) is 12.8 Å². The van der Waals surface area contributed by atoms with Crippen molar-refractivity contribution in [3.05, 3.63) is 30.1 Å². The van der Waals surface area contributed by atoms with Gasteiger partial charge < -0.3 is 11.1 Å². The third-order valence-corrected chi connectivity index (χ3v) is 4.58. The lowest BCUT2D eigenvalue weighted by Gasteiger charge is -2.08. The van der Waals surface area contributed by atoms with Crippen molar-refractivity contribution in [2.45, 2.75) is 25.2 Å². The smallest absolute Gasteiger partial charge is 0.188 e. The Bertz CT molecular complexity index is 592. The summed E-state index contributed by atoms with van der Waals surface area (Å²) in [6.45, 7) is 4.85. The number of nitrogens with zero attached hydrogens (tertiary/aromatic N) is 1. The van der Waals surface area contributed by atoms with Gasteiger partial charge in [-0.3, -0.25) is 4.99 Å². The van der Waals surface area contributed by atoms with Gasteiger partial charge in [0.1, 0.15) is 10.7 Å². The zero-order valence-electron chi connectivity index (χ0n) is 12.8. The lowest BCUT2D eigenvalue weighted by molar-refractivity contribution is 0.566. The van der Waals surface area contributed by atoms with Crippen LogP contribution in [0.3, 0.4) is 0 Å². The van der Waals surface area contributed by atoms with E-state index >= 15 is 0 Å². The summed E-state index contributed by atoms with van der Waals surface area (Å²) in [5.41, 5.74) is 5.63. The highest BCUT2D eigenvalue weighted by molar-refractivity contribution is 14.0. The first-order valence-corrected chi connectivity index (χ1v) is 8.49. The van der Waals surface area contributed by atoms with Gasteiger partial charge in [0.15, 0.2) is 15.8 Å². The van der Waals surface area contributed by atoms with Crippen LogP contribution in [0.5, 0.6) is 0 Å². The Hall–Kier alpha value is -0.900. The van der Waals surface area contributed by atoms with E-state index in [0.29, 0.717) is 12.5 Å². The highest BCUT2D eigenvalue weighted by atomic mass is 127. The molecule has 8 heteroatoms. The summed E-state index contributed by atoms with van der Waals surface area (Å²) in [5.74, 6) is -0.243. The van der Waals surface area contributed by atoms with E-state index < -0.39 is 15.7 Å². The number of guanidine groups is 1. The summed E-state index contributed by atoms with van der Waals surface area (Å²) in [5, 5.41) is 2.73. The van der Waals surface area contributed by atoms with Crippen LogP contribution in [-0.4, -0.2) is 33.2 Å². The SMILES string of the molecule is CC(C)CCN=C(N)NCCS(=O)(=O)c1ccccc1F.I. The molecule has 126 valence electrons. The molecular weight excluding hydrogens is 420 g/mol.